The Morgan fingerprint density at radius 3 is 2.35 bits per heavy atom. The molecule has 0 spiro atoms. The van der Waals surface area contributed by atoms with E-state index in [1.165, 1.54) is 12.1 Å². The van der Waals surface area contributed by atoms with E-state index < -0.39 is 11.9 Å². The SMILES string of the molecule is NC1C=CC=CC1(N)Cc1ccc(OC(F)(F)F)cc1. The molecule has 0 fully saturated rings. The number of hydrogen-bond acceptors (Lipinski definition) is 3. The molecule has 108 valence electrons. The van der Waals surface area contributed by atoms with Crippen LogP contribution in [-0.2, 0) is 6.42 Å². The van der Waals surface area contributed by atoms with Crippen LogP contribution < -0.4 is 16.2 Å². The normalized spacial score (nSPS) is 25.8. The number of benzene rings is 1. The van der Waals surface area contributed by atoms with Gasteiger partial charge in [0.25, 0.3) is 0 Å². The summed E-state index contributed by atoms with van der Waals surface area (Å²) in [6.45, 7) is 0. The lowest BCUT2D eigenvalue weighted by molar-refractivity contribution is -0.274. The van der Waals surface area contributed by atoms with Crippen LogP contribution in [0.25, 0.3) is 0 Å². The number of allylic oxidation sites excluding steroid dienone is 2. The van der Waals surface area contributed by atoms with Gasteiger partial charge in [-0.15, -0.1) is 13.2 Å². The third-order valence-electron chi connectivity index (χ3n) is 3.12. The molecule has 0 aromatic heterocycles. The zero-order chi connectivity index (χ0) is 14.8. The van der Waals surface area contributed by atoms with Gasteiger partial charge in [0.1, 0.15) is 5.75 Å². The molecule has 0 saturated carbocycles. The van der Waals surface area contributed by atoms with E-state index in [0.717, 1.165) is 5.56 Å². The highest BCUT2D eigenvalue weighted by atomic mass is 19.4. The van der Waals surface area contributed by atoms with Crippen molar-refractivity contribution in [3.63, 3.8) is 0 Å². The zero-order valence-electron chi connectivity index (χ0n) is 10.6. The van der Waals surface area contributed by atoms with Crippen LogP contribution in [0.2, 0.25) is 0 Å². The monoisotopic (exact) mass is 284 g/mol. The summed E-state index contributed by atoms with van der Waals surface area (Å²) in [6.07, 6.45) is 2.97. The molecule has 0 radical (unpaired) electrons. The number of rotatable bonds is 3. The van der Waals surface area contributed by atoms with Gasteiger partial charge in [-0.3, -0.25) is 0 Å². The van der Waals surface area contributed by atoms with Crippen molar-refractivity contribution in [1.29, 1.82) is 0 Å². The first-order valence-corrected chi connectivity index (χ1v) is 6.04. The Morgan fingerprint density at radius 1 is 1.15 bits per heavy atom. The van der Waals surface area contributed by atoms with Crippen molar-refractivity contribution in [2.24, 2.45) is 11.5 Å². The van der Waals surface area contributed by atoms with Crippen LogP contribution >= 0.6 is 0 Å². The highest BCUT2D eigenvalue weighted by Crippen LogP contribution is 2.25. The van der Waals surface area contributed by atoms with E-state index in [9.17, 15) is 13.2 Å². The van der Waals surface area contributed by atoms with Gasteiger partial charge in [0.15, 0.2) is 0 Å². The van der Waals surface area contributed by atoms with Gasteiger partial charge in [-0.1, -0.05) is 36.4 Å². The first-order valence-electron chi connectivity index (χ1n) is 6.04. The quantitative estimate of drug-likeness (QED) is 0.895. The molecule has 2 unspecified atom stereocenters. The van der Waals surface area contributed by atoms with Crippen LogP contribution in [0.4, 0.5) is 13.2 Å². The lowest BCUT2D eigenvalue weighted by Gasteiger charge is -2.32. The van der Waals surface area contributed by atoms with Gasteiger partial charge in [0.2, 0.25) is 0 Å². The Bertz CT molecular complexity index is 522. The average molecular weight is 284 g/mol. The second kappa shape index (κ2) is 5.30. The first kappa shape index (κ1) is 14.6. The zero-order valence-corrected chi connectivity index (χ0v) is 10.6. The Labute approximate surface area is 114 Å². The van der Waals surface area contributed by atoms with Gasteiger partial charge in [0, 0.05) is 6.04 Å². The molecule has 1 aromatic carbocycles. The summed E-state index contributed by atoms with van der Waals surface area (Å²) in [5, 5.41) is 0. The fraction of sp³-hybridized carbons (Fsp3) is 0.286. The minimum atomic E-state index is -4.68. The molecule has 0 saturated heterocycles. The predicted molar refractivity (Wildman–Crippen MR) is 70.0 cm³/mol. The van der Waals surface area contributed by atoms with Gasteiger partial charge in [0.05, 0.1) is 5.54 Å². The molecule has 2 atom stereocenters. The smallest absolute Gasteiger partial charge is 0.406 e. The molecular weight excluding hydrogens is 269 g/mol. The predicted octanol–water partition coefficient (Wildman–Crippen LogP) is 2.28. The summed E-state index contributed by atoms with van der Waals surface area (Å²) in [5.74, 6) is -0.254. The van der Waals surface area contributed by atoms with E-state index in [2.05, 4.69) is 4.74 Å². The van der Waals surface area contributed by atoms with Crippen LogP contribution in [0.15, 0.2) is 48.6 Å². The first-order chi connectivity index (χ1) is 9.28. The second-order valence-electron chi connectivity index (χ2n) is 4.75. The Hall–Kier alpha value is -1.79. The number of alkyl halides is 3. The highest BCUT2D eigenvalue weighted by molar-refractivity contribution is 5.33. The lowest BCUT2D eigenvalue weighted by atomic mass is 9.82. The maximum atomic E-state index is 12.1. The van der Waals surface area contributed by atoms with Crippen LogP contribution in [0.3, 0.4) is 0 Å². The second-order valence-corrected chi connectivity index (χ2v) is 4.75. The van der Waals surface area contributed by atoms with E-state index in [1.807, 2.05) is 12.2 Å². The van der Waals surface area contributed by atoms with Crippen LogP contribution in [0.1, 0.15) is 5.56 Å². The highest BCUT2D eigenvalue weighted by Gasteiger charge is 2.32. The number of nitrogens with two attached hydrogens (primary N) is 2. The van der Waals surface area contributed by atoms with Gasteiger partial charge in [-0.2, -0.15) is 0 Å². The molecular formula is C14H15F3N2O. The molecule has 1 aliphatic carbocycles. The molecule has 2 rings (SSSR count). The van der Waals surface area contributed by atoms with E-state index in [-0.39, 0.29) is 11.8 Å². The molecule has 6 heteroatoms. The molecule has 0 heterocycles. The number of ether oxygens (including phenoxy) is 1. The molecule has 0 amide bonds. The van der Waals surface area contributed by atoms with E-state index in [0.29, 0.717) is 6.42 Å². The maximum absolute atomic E-state index is 12.1. The van der Waals surface area contributed by atoms with E-state index in [1.54, 1.807) is 24.3 Å². The molecule has 3 nitrogen and oxygen atoms in total. The van der Waals surface area contributed by atoms with Crippen LogP contribution in [-0.4, -0.2) is 17.9 Å². The van der Waals surface area contributed by atoms with Crippen molar-refractivity contribution in [1.82, 2.24) is 0 Å². The lowest BCUT2D eigenvalue weighted by Crippen LogP contribution is -2.55. The van der Waals surface area contributed by atoms with Crippen LogP contribution in [0.5, 0.6) is 5.75 Å². The molecule has 1 aromatic rings. The summed E-state index contributed by atoms with van der Waals surface area (Å²) >= 11 is 0. The average Bonchev–Trinajstić information content (AvgIpc) is 2.34. The standard InChI is InChI=1S/C14H15F3N2O/c15-14(16,17)20-11-6-4-10(5-7-11)9-13(19)8-2-1-3-12(13)18/h1-8,12H,9,18-19H2. The fourth-order valence-electron chi connectivity index (χ4n) is 2.05. The minimum Gasteiger partial charge on any atom is -0.406 e. The molecule has 4 N–H and O–H groups in total. The fourth-order valence-corrected chi connectivity index (χ4v) is 2.05. The number of halogens is 3. The summed E-state index contributed by atoms with van der Waals surface area (Å²) in [6, 6.07) is 5.29. The molecule has 20 heavy (non-hydrogen) atoms. The van der Waals surface area contributed by atoms with Crippen molar-refractivity contribution < 1.29 is 17.9 Å². The van der Waals surface area contributed by atoms with Crippen molar-refractivity contribution in [3.05, 3.63) is 54.1 Å². The third kappa shape index (κ3) is 3.61. The summed E-state index contributed by atoms with van der Waals surface area (Å²) < 4.78 is 40.0. The summed E-state index contributed by atoms with van der Waals surface area (Å²) in [7, 11) is 0. The molecule has 0 aliphatic heterocycles. The van der Waals surface area contributed by atoms with E-state index >= 15 is 0 Å². The van der Waals surface area contributed by atoms with Crippen molar-refractivity contribution in [2.75, 3.05) is 0 Å². The Balaban J connectivity index is 2.08. The Morgan fingerprint density at radius 2 is 1.80 bits per heavy atom. The molecule has 1 aliphatic rings. The topological polar surface area (TPSA) is 61.3 Å². The van der Waals surface area contributed by atoms with Crippen molar-refractivity contribution in [3.8, 4) is 5.75 Å². The summed E-state index contributed by atoms with van der Waals surface area (Å²) in [5.41, 5.74) is 12.2. The largest absolute Gasteiger partial charge is 0.573 e. The van der Waals surface area contributed by atoms with Gasteiger partial charge in [-0.25, -0.2) is 0 Å². The number of hydrogen-bond donors (Lipinski definition) is 2. The van der Waals surface area contributed by atoms with Crippen molar-refractivity contribution >= 4 is 0 Å². The van der Waals surface area contributed by atoms with E-state index in [4.69, 9.17) is 11.5 Å². The summed E-state index contributed by atoms with van der Waals surface area (Å²) in [4.78, 5) is 0. The Kier molecular flexibility index (Phi) is 3.87. The van der Waals surface area contributed by atoms with Gasteiger partial charge >= 0.3 is 6.36 Å². The minimum absolute atomic E-state index is 0.254. The van der Waals surface area contributed by atoms with Gasteiger partial charge in [-0.05, 0) is 24.1 Å². The van der Waals surface area contributed by atoms with Crippen LogP contribution in [0, 0.1) is 0 Å². The van der Waals surface area contributed by atoms with Crippen molar-refractivity contribution in [2.45, 2.75) is 24.4 Å². The maximum Gasteiger partial charge on any atom is 0.573 e. The van der Waals surface area contributed by atoms with Gasteiger partial charge < -0.3 is 16.2 Å². The third-order valence-corrected chi connectivity index (χ3v) is 3.12. The molecule has 0 bridgehead atoms.